The van der Waals surface area contributed by atoms with Crippen molar-refractivity contribution in [1.82, 2.24) is 25.1 Å². The maximum Gasteiger partial charge on any atom is 0.258 e. The predicted molar refractivity (Wildman–Crippen MR) is 194 cm³/mol. The van der Waals surface area contributed by atoms with Gasteiger partial charge in [0.2, 0.25) is 21.8 Å². The van der Waals surface area contributed by atoms with Crippen LogP contribution in [0.25, 0.3) is 5.65 Å². The van der Waals surface area contributed by atoms with Crippen LogP contribution in [0, 0.1) is 0 Å². The predicted octanol–water partition coefficient (Wildman–Crippen LogP) is 5.38. The van der Waals surface area contributed by atoms with E-state index < -0.39 is 44.6 Å². The molecule has 0 bridgehead atoms. The lowest BCUT2D eigenvalue weighted by Crippen LogP contribution is -2.57. The Morgan fingerprint density at radius 2 is 1.62 bits per heavy atom. The number of ether oxygens (including phenoxy) is 1. The lowest BCUT2D eigenvalue weighted by Gasteiger charge is -2.40. The zero-order valence-electron chi connectivity index (χ0n) is 29.7. The summed E-state index contributed by atoms with van der Waals surface area (Å²) in [7, 11) is -4.20. The highest BCUT2D eigenvalue weighted by atomic mass is 35.5. The van der Waals surface area contributed by atoms with Gasteiger partial charge in [-0.05, 0) is 50.6 Å². The molecule has 4 aromatic rings. The molecule has 2 aromatic carbocycles. The smallest absolute Gasteiger partial charge is 0.258 e. The fourth-order valence-corrected chi connectivity index (χ4v) is 7.05. The van der Waals surface area contributed by atoms with E-state index in [1.165, 1.54) is 19.1 Å². The van der Waals surface area contributed by atoms with Crippen molar-refractivity contribution >= 4 is 62.1 Å². The van der Waals surface area contributed by atoms with Gasteiger partial charge in [-0.2, -0.15) is 0 Å². The summed E-state index contributed by atoms with van der Waals surface area (Å²) in [5.41, 5.74) is 0.203. The van der Waals surface area contributed by atoms with Gasteiger partial charge in [-0.3, -0.25) is 24.2 Å². The fraction of sp³-hybridized carbons (Fsp3) is 0.441. The molecular weight excluding hydrogens is 684 g/mol. The molecule has 0 fully saturated rings. The van der Waals surface area contributed by atoms with Crippen molar-refractivity contribution in [3.63, 3.8) is 0 Å². The maximum absolute atomic E-state index is 13.3. The molecule has 1 unspecified atom stereocenters. The van der Waals surface area contributed by atoms with Crippen LogP contribution in [0.3, 0.4) is 0 Å². The van der Waals surface area contributed by atoms with Crippen LogP contribution in [0.2, 0.25) is 5.02 Å². The Hall–Kier alpha value is -4.63. The zero-order chi connectivity index (χ0) is 37.2. The summed E-state index contributed by atoms with van der Waals surface area (Å²) < 4.78 is 36.5. The Morgan fingerprint density at radius 3 is 2.26 bits per heavy atom. The van der Waals surface area contributed by atoms with Crippen LogP contribution >= 0.6 is 11.6 Å². The number of rotatable bonds is 13. The molecule has 0 saturated carbocycles. The molecule has 0 aliphatic heterocycles. The number of nitrogens with one attached hydrogen (secondary N) is 5. The van der Waals surface area contributed by atoms with Gasteiger partial charge < -0.3 is 20.7 Å². The van der Waals surface area contributed by atoms with Crippen LogP contribution in [-0.2, 0) is 35.2 Å². The summed E-state index contributed by atoms with van der Waals surface area (Å²) in [6.45, 7) is 16.2. The van der Waals surface area contributed by atoms with Gasteiger partial charge in [0.05, 0.1) is 17.1 Å². The molecule has 0 aliphatic rings. The molecule has 270 valence electrons. The molecule has 2 aromatic heterocycles. The zero-order valence-corrected chi connectivity index (χ0v) is 31.3. The summed E-state index contributed by atoms with van der Waals surface area (Å²) >= 11 is 6.64. The third-order valence-electron chi connectivity index (χ3n) is 8.61. The number of para-hydroxylation sites is 2. The normalized spacial score (nSPS) is 13.1. The fourth-order valence-electron chi connectivity index (χ4n) is 5.22. The van der Waals surface area contributed by atoms with Crippen molar-refractivity contribution < 1.29 is 27.5 Å². The minimum absolute atomic E-state index is 0.0343. The Balaban J connectivity index is 1.44. The standard InChI is InChI=1S/C34H45ClN8O6S/c1-10-25(50(47,48)42-22-15-13-14-21(18-22)36-20(2)44)30(46)37-23-16-11-12-17-24(23)49-19-26(45)38-34(8,9)33(6,7)31-40-39-29-27(35)28(32(3,4)5)41-43(29)31/h11-18,25,41-42H,10,19H2,1-9H3,(H,36,44)(H,37,46)(H,38,45). The lowest BCUT2D eigenvalue weighted by molar-refractivity contribution is -0.125. The van der Waals surface area contributed by atoms with Gasteiger partial charge in [0.1, 0.15) is 10.8 Å². The van der Waals surface area contributed by atoms with E-state index in [0.29, 0.717) is 22.2 Å². The van der Waals surface area contributed by atoms with E-state index in [1.807, 2.05) is 48.5 Å². The molecule has 0 aliphatic carbocycles. The van der Waals surface area contributed by atoms with Crippen molar-refractivity contribution in [3.05, 3.63) is 65.1 Å². The topological polar surface area (TPSA) is 189 Å². The van der Waals surface area contributed by atoms with E-state index in [1.54, 1.807) is 47.8 Å². The third-order valence-corrected chi connectivity index (χ3v) is 10.8. The number of carbonyl (C=O) groups excluding carboxylic acids is 3. The van der Waals surface area contributed by atoms with Crippen LogP contribution in [0.15, 0.2) is 48.5 Å². The highest BCUT2D eigenvalue weighted by Gasteiger charge is 2.44. The number of nitrogens with zero attached hydrogens (tertiary/aromatic N) is 3. The molecular formula is C34H45ClN8O6S. The van der Waals surface area contributed by atoms with Crippen molar-refractivity contribution in [1.29, 1.82) is 0 Å². The first kappa shape index (κ1) is 38.2. The van der Waals surface area contributed by atoms with Crippen molar-refractivity contribution in [3.8, 4) is 5.75 Å². The molecule has 0 spiro atoms. The van der Waals surface area contributed by atoms with Crippen LogP contribution in [0.5, 0.6) is 5.75 Å². The number of halogens is 1. The minimum atomic E-state index is -4.20. The van der Waals surface area contributed by atoms with E-state index in [9.17, 15) is 22.8 Å². The van der Waals surface area contributed by atoms with Crippen LogP contribution in [0.1, 0.15) is 80.3 Å². The van der Waals surface area contributed by atoms with E-state index in [4.69, 9.17) is 16.3 Å². The first-order valence-electron chi connectivity index (χ1n) is 16.0. The molecule has 5 N–H and O–H groups in total. The number of hydrogen-bond donors (Lipinski definition) is 5. The van der Waals surface area contributed by atoms with E-state index >= 15 is 0 Å². The second kappa shape index (κ2) is 14.3. The average Bonchev–Trinajstić information content (AvgIpc) is 3.56. The quantitative estimate of drug-likeness (QED) is 0.121. The van der Waals surface area contributed by atoms with E-state index in [-0.39, 0.29) is 34.9 Å². The molecule has 14 nitrogen and oxygen atoms in total. The number of hydrogen-bond acceptors (Lipinski definition) is 8. The number of fused-ring (bicyclic) bond motifs is 1. The van der Waals surface area contributed by atoms with Gasteiger partial charge in [0.15, 0.2) is 23.3 Å². The number of aromatic amines is 1. The van der Waals surface area contributed by atoms with Gasteiger partial charge in [-0.15, -0.1) is 10.2 Å². The Bertz CT molecular complexity index is 2010. The number of sulfonamides is 1. The summed E-state index contributed by atoms with van der Waals surface area (Å²) in [5.74, 6) is -0.803. The first-order chi connectivity index (χ1) is 23.2. The summed E-state index contributed by atoms with van der Waals surface area (Å²) in [6.07, 6.45) is -0.0343. The largest absolute Gasteiger partial charge is 0.482 e. The van der Waals surface area contributed by atoms with Crippen molar-refractivity contribution in [2.75, 3.05) is 22.0 Å². The number of amides is 3. The second-order valence-corrected chi connectivity index (χ2v) is 16.4. The Kier molecular flexibility index (Phi) is 10.9. The SMILES string of the molecule is CCC(C(=O)Nc1ccccc1OCC(=O)NC(C)(C)C(C)(C)c1nnc2c(Cl)c(C(C)(C)C)[nH]n12)S(=O)(=O)Nc1cccc(NC(C)=O)c1. The van der Waals surface area contributed by atoms with E-state index in [0.717, 1.165) is 5.69 Å². The molecule has 4 rings (SSSR count). The molecule has 3 amide bonds. The number of benzene rings is 2. The monoisotopic (exact) mass is 728 g/mol. The van der Waals surface area contributed by atoms with Gasteiger partial charge in [0.25, 0.3) is 5.91 Å². The molecule has 2 heterocycles. The molecule has 0 saturated heterocycles. The number of anilines is 3. The highest BCUT2D eigenvalue weighted by molar-refractivity contribution is 7.94. The van der Waals surface area contributed by atoms with Gasteiger partial charge >= 0.3 is 0 Å². The van der Waals surface area contributed by atoms with Gasteiger partial charge in [0, 0.05) is 29.0 Å². The Morgan fingerprint density at radius 1 is 0.960 bits per heavy atom. The van der Waals surface area contributed by atoms with Crippen molar-refractivity contribution in [2.45, 2.75) is 90.4 Å². The minimum Gasteiger partial charge on any atom is -0.482 e. The van der Waals surface area contributed by atoms with Gasteiger partial charge in [-0.25, -0.2) is 12.9 Å². The molecule has 0 radical (unpaired) electrons. The van der Waals surface area contributed by atoms with Crippen LogP contribution < -0.4 is 25.4 Å². The first-order valence-corrected chi connectivity index (χ1v) is 18.0. The summed E-state index contributed by atoms with van der Waals surface area (Å²) in [5, 5.41) is 19.3. The van der Waals surface area contributed by atoms with E-state index in [2.05, 4.69) is 36.0 Å². The van der Waals surface area contributed by atoms with Crippen LogP contribution in [-0.4, -0.2) is 63.3 Å². The third kappa shape index (κ3) is 8.21. The Labute approximate surface area is 297 Å². The maximum atomic E-state index is 13.3. The molecule has 16 heteroatoms. The second-order valence-electron chi connectivity index (χ2n) is 14.1. The number of carbonyl (C=O) groups is 3. The number of H-pyrrole nitrogens is 1. The van der Waals surface area contributed by atoms with Crippen LogP contribution in [0.4, 0.5) is 17.1 Å². The van der Waals surface area contributed by atoms with Gasteiger partial charge in [-0.1, -0.05) is 71.3 Å². The molecule has 50 heavy (non-hydrogen) atoms. The highest BCUT2D eigenvalue weighted by Crippen LogP contribution is 2.37. The van der Waals surface area contributed by atoms with Crippen molar-refractivity contribution in [2.24, 2.45) is 0 Å². The number of aromatic nitrogens is 4. The molecule has 1 atom stereocenters. The summed E-state index contributed by atoms with van der Waals surface area (Å²) in [4.78, 5) is 38.0. The lowest BCUT2D eigenvalue weighted by atomic mass is 9.73. The summed E-state index contributed by atoms with van der Waals surface area (Å²) in [6, 6.07) is 12.6. The average molecular weight is 729 g/mol.